The second-order valence-electron chi connectivity index (χ2n) is 15.4. The number of anilines is 3. The Kier molecular flexibility index (Phi) is 7.14. The van der Waals surface area contributed by atoms with Gasteiger partial charge < -0.3 is 4.90 Å². The summed E-state index contributed by atoms with van der Waals surface area (Å²) in [5.41, 5.74) is 13.8. The van der Waals surface area contributed by atoms with E-state index >= 15 is 0 Å². The molecule has 0 aliphatic heterocycles. The van der Waals surface area contributed by atoms with Gasteiger partial charge in [0, 0.05) is 37.0 Å². The van der Waals surface area contributed by atoms with Crippen LogP contribution in [0.4, 0.5) is 17.1 Å². The Morgan fingerprint density at radius 3 is 1.78 bits per heavy atom. The number of thiophene rings is 1. The number of rotatable bonds is 5. The van der Waals surface area contributed by atoms with Crippen molar-refractivity contribution < 1.29 is 0 Å². The fourth-order valence-corrected chi connectivity index (χ4v) is 10.1. The molecule has 2 heteroatoms. The molecule has 1 heterocycles. The van der Waals surface area contributed by atoms with E-state index in [9.17, 15) is 0 Å². The molecule has 0 atom stereocenters. The van der Waals surface area contributed by atoms with Crippen LogP contribution in [0, 0.1) is 0 Å². The van der Waals surface area contributed by atoms with Crippen LogP contribution in [0.15, 0.2) is 188 Å². The minimum absolute atomic E-state index is 0.0951. The molecule has 0 N–H and O–H groups in total. The third-order valence-corrected chi connectivity index (χ3v) is 13.0. The number of fused-ring (bicyclic) bond motifs is 8. The maximum absolute atomic E-state index is 2.49. The van der Waals surface area contributed by atoms with Crippen molar-refractivity contribution in [3.63, 3.8) is 0 Å². The van der Waals surface area contributed by atoms with Gasteiger partial charge in [-0.15, -0.1) is 11.3 Å². The summed E-state index contributed by atoms with van der Waals surface area (Å²) in [6.07, 6.45) is 0. The summed E-state index contributed by atoms with van der Waals surface area (Å²) < 4.78 is 2.61. The van der Waals surface area contributed by atoms with Crippen LogP contribution in [0.5, 0.6) is 0 Å². The normalized spacial score (nSPS) is 13.1. The first-order chi connectivity index (χ1) is 27.0. The van der Waals surface area contributed by atoms with Gasteiger partial charge in [-0.3, -0.25) is 0 Å². The van der Waals surface area contributed by atoms with Gasteiger partial charge in [0.25, 0.3) is 0 Å². The number of hydrogen-bond acceptors (Lipinski definition) is 2. The topological polar surface area (TPSA) is 3.24 Å². The van der Waals surface area contributed by atoms with Crippen LogP contribution in [0.25, 0.3) is 75.1 Å². The Bertz CT molecular complexity index is 3130. The average molecular weight is 720 g/mol. The molecule has 0 amide bonds. The first kappa shape index (κ1) is 32.0. The average Bonchev–Trinajstić information content (AvgIpc) is 3.73. The zero-order valence-corrected chi connectivity index (χ0v) is 31.6. The summed E-state index contributed by atoms with van der Waals surface area (Å²) >= 11 is 1.87. The zero-order valence-electron chi connectivity index (χ0n) is 30.8. The molecule has 1 aliphatic rings. The Morgan fingerprint density at radius 1 is 0.400 bits per heavy atom. The highest BCUT2D eigenvalue weighted by atomic mass is 32.1. The van der Waals surface area contributed by atoms with E-state index in [1.165, 1.54) is 97.6 Å². The molecule has 1 nitrogen and oxygen atoms in total. The molecule has 0 bridgehead atoms. The monoisotopic (exact) mass is 719 g/mol. The van der Waals surface area contributed by atoms with Crippen LogP contribution < -0.4 is 4.90 Å². The third kappa shape index (κ3) is 5.13. The molecule has 1 aromatic heterocycles. The van der Waals surface area contributed by atoms with Crippen LogP contribution in [-0.4, -0.2) is 0 Å². The largest absolute Gasteiger partial charge is 0.310 e. The van der Waals surface area contributed by atoms with Gasteiger partial charge >= 0.3 is 0 Å². The van der Waals surface area contributed by atoms with E-state index in [0.29, 0.717) is 0 Å². The fraction of sp³-hybridized carbons (Fsp3) is 0.0566. The van der Waals surface area contributed by atoms with Crippen molar-refractivity contribution in [3.05, 3.63) is 199 Å². The highest BCUT2D eigenvalue weighted by Crippen LogP contribution is 2.52. The van der Waals surface area contributed by atoms with Crippen molar-refractivity contribution in [2.75, 3.05) is 4.90 Å². The first-order valence-electron chi connectivity index (χ1n) is 19.1. The Hall–Kier alpha value is -6.48. The molecule has 0 radical (unpaired) electrons. The molecule has 11 rings (SSSR count). The van der Waals surface area contributed by atoms with Gasteiger partial charge in [0.2, 0.25) is 0 Å². The summed E-state index contributed by atoms with van der Waals surface area (Å²) in [5, 5.41) is 7.58. The highest BCUT2D eigenvalue weighted by molar-refractivity contribution is 7.26. The Morgan fingerprint density at radius 2 is 0.964 bits per heavy atom. The summed E-state index contributed by atoms with van der Waals surface area (Å²) in [7, 11) is 0. The Labute approximate surface area is 325 Å². The van der Waals surface area contributed by atoms with Gasteiger partial charge in [-0.05, 0) is 121 Å². The number of nitrogens with zero attached hydrogens (tertiary/aromatic N) is 1. The fourth-order valence-electron chi connectivity index (χ4n) is 8.98. The number of benzene rings is 9. The second kappa shape index (κ2) is 12.3. The predicted molar refractivity (Wildman–Crippen MR) is 237 cm³/mol. The van der Waals surface area contributed by atoms with Crippen molar-refractivity contribution in [3.8, 4) is 33.4 Å². The van der Waals surface area contributed by atoms with Gasteiger partial charge in [0.05, 0.1) is 5.69 Å². The van der Waals surface area contributed by atoms with Gasteiger partial charge in [0.15, 0.2) is 0 Å². The second-order valence-corrected chi connectivity index (χ2v) is 16.5. The third-order valence-electron chi connectivity index (χ3n) is 11.8. The first-order valence-corrected chi connectivity index (χ1v) is 19.9. The van der Waals surface area contributed by atoms with Gasteiger partial charge in [-0.1, -0.05) is 147 Å². The molecule has 0 fully saturated rings. The lowest BCUT2D eigenvalue weighted by molar-refractivity contribution is 0.660. The summed E-state index contributed by atoms with van der Waals surface area (Å²) in [5.74, 6) is 0. The predicted octanol–water partition coefficient (Wildman–Crippen LogP) is 15.5. The van der Waals surface area contributed by atoms with Crippen molar-refractivity contribution in [2.45, 2.75) is 19.3 Å². The molecule has 9 aromatic carbocycles. The smallest absolute Gasteiger partial charge is 0.0554 e. The van der Waals surface area contributed by atoms with E-state index in [0.717, 1.165) is 5.69 Å². The molecule has 0 spiro atoms. The molecule has 260 valence electrons. The van der Waals surface area contributed by atoms with Crippen molar-refractivity contribution in [1.82, 2.24) is 0 Å². The highest BCUT2D eigenvalue weighted by Gasteiger charge is 2.36. The lowest BCUT2D eigenvalue weighted by Gasteiger charge is -2.29. The molecule has 0 saturated carbocycles. The van der Waals surface area contributed by atoms with Crippen LogP contribution in [0.2, 0.25) is 0 Å². The van der Waals surface area contributed by atoms with E-state index in [1.54, 1.807) is 0 Å². The molecule has 0 unspecified atom stereocenters. The minimum Gasteiger partial charge on any atom is -0.310 e. The van der Waals surface area contributed by atoms with E-state index < -0.39 is 0 Å². The van der Waals surface area contributed by atoms with Crippen LogP contribution >= 0.6 is 11.3 Å². The summed E-state index contributed by atoms with van der Waals surface area (Å²) in [6, 6.07) is 69.7. The van der Waals surface area contributed by atoms with E-state index in [2.05, 4.69) is 207 Å². The lowest BCUT2D eigenvalue weighted by atomic mass is 9.82. The van der Waals surface area contributed by atoms with E-state index in [1.807, 2.05) is 11.3 Å². The SMILES string of the molecule is CC1(C)c2ccccc2-c2ccc(N(c3ccc4cc(-c5ccc(-c6ccc7ccccc7c6)cc5)ccc4c3)c3cccc4sc5ccccc5c34)cc21. The van der Waals surface area contributed by atoms with Crippen molar-refractivity contribution in [2.24, 2.45) is 0 Å². The molecular formula is C53H37NS. The molecule has 0 saturated heterocycles. The Balaban J connectivity index is 1.02. The molecule has 10 aromatic rings. The van der Waals surface area contributed by atoms with Crippen LogP contribution in [0.3, 0.4) is 0 Å². The standard InChI is InChI=1S/C53H37NS/c1-53(2)47-14-7-5-12-44(47)45-29-28-43(33-48(45)53)54(49-15-9-17-51-52(49)46-13-6-8-16-50(46)55-51)42-27-26-40-31-39(24-25-41(40)32-42)36-20-18-35(19-21-36)38-23-22-34-10-3-4-11-37(34)30-38/h3-33H,1-2H3. The number of hydrogen-bond donors (Lipinski definition) is 0. The maximum atomic E-state index is 2.49. The van der Waals surface area contributed by atoms with E-state index in [4.69, 9.17) is 0 Å². The molecular weight excluding hydrogens is 683 g/mol. The van der Waals surface area contributed by atoms with Crippen molar-refractivity contribution in [1.29, 1.82) is 0 Å². The molecule has 55 heavy (non-hydrogen) atoms. The van der Waals surface area contributed by atoms with Gasteiger partial charge in [-0.25, -0.2) is 0 Å². The van der Waals surface area contributed by atoms with Crippen LogP contribution in [-0.2, 0) is 5.41 Å². The van der Waals surface area contributed by atoms with Crippen molar-refractivity contribution >= 4 is 70.1 Å². The quantitative estimate of drug-likeness (QED) is 0.171. The summed E-state index contributed by atoms with van der Waals surface area (Å²) in [4.78, 5) is 2.49. The minimum atomic E-state index is -0.0951. The van der Waals surface area contributed by atoms with Crippen LogP contribution in [0.1, 0.15) is 25.0 Å². The zero-order chi connectivity index (χ0) is 36.7. The maximum Gasteiger partial charge on any atom is 0.0554 e. The van der Waals surface area contributed by atoms with Gasteiger partial charge in [-0.2, -0.15) is 0 Å². The lowest BCUT2D eigenvalue weighted by Crippen LogP contribution is -2.16. The van der Waals surface area contributed by atoms with E-state index in [-0.39, 0.29) is 5.41 Å². The van der Waals surface area contributed by atoms with Gasteiger partial charge in [0.1, 0.15) is 0 Å². The molecule has 1 aliphatic carbocycles. The summed E-state index contributed by atoms with van der Waals surface area (Å²) in [6.45, 7) is 4.73.